The van der Waals surface area contributed by atoms with Crippen LogP contribution in [0.1, 0.15) is 38.2 Å². The van der Waals surface area contributed by atoms with E-state index >= 15 is 0 Å². The Morgan fingerprint density at radius 1 is 1.06 bits per heavy atom. The fourth-order valence-electron chi connectivity index (χ4n) is 4.46. The number of carbonyl (C=O) groups excluding carboxylic acids is 1. The molecule has 8 nitrogen and oxygen atoms in total. The minimum absolute atomic E-state index is 0.0598. The Morgan fingerprint density at radius 2 is 1.86 bits per heavy atom. The molecule has 1 saturated heterocycles. The van der Waals surface area contributed by atoms with E-state index in [1.807, 2.05) is 35.9 Å². The first-order chi connectivity index (χ1) is 17.4. The van der Waals surface area contributed by atoms with E-state index in [1.54, 1.807) is 18.3 Å². The quantitative estimate of drug-likeness (QED) is 0.336. The molecular formula is C28H32N6O2. The van der Waals surface area contributed by atoms with Gasteiger partial charge in [-0.2, -0.15) is 0 Å². The van der Waals surface area contributed by atoms with Crippen LogP contribution in [0.2, 0.25) is 0 Å². The van der Waals surface area contributed by atoms with Crippen LogP contribution in [0.5, 0.6) is 11.5 Å². The van der Waals surface area contributed by atoms with Crippen molar-refractivity contribution in [2.45, 2.75) is 32.6 Å². The highest BCUT2D eigenvalue weighted by atomic mass is 16.5. The van der Waals surface area contributed by atoms with Crippen molar-refractivity contribution >= 4 is 34.4 Å². The van der Waals surface area contributed by atoms with Gasteiger partial charge in [-0.25, -0.2) is 9.97 Å². The number of carbonyl (C=O) groups is 1. The Morgan fingerprint density at radius 3 is 2.67 bits per heavy atom. The molecule has 1 amide bonds. The lowest BCUT2D eigenvalue weighted by atomic mass is 10.0. The Hall–Kier alpha value is -3.91. The summed E-state index contributed by atoms with van der Waals surface area (Å²) in [5, 5.41) is 6.31. The fourth-order valence-corrected chi connectivity index (χ4v) is 4.46. The zero-order valence-corrected chi connectivity index (χ0v) is 21.0. The molecule has 4 aromatic rings. The van der Waals surface area contributed by atoms with E-state index in [0.29, 0.717) is 29.8 Å². The van der Waals surface area contributed by atoms with E-state index in [0.717, 1.165) is 48.6 Å². The Labute approximate surface area is 211 Å². The molecule has 0 saturated carbocycles. The molecule has 2 aromatic heterocycles. The van der Waals surface area contributed by atoms with Gasteiger partial charge in [-0.3, -0.25) is 9.69 Å². The number of amides is 1. The van der Waals surface area contributed by atoms with Crippen molar-refractivity contribution in [3.63, 3.8) is 0 Å². The van der Waals surface area contributed by atoms with Crippen LogP contribution in [-0.2, 0) is 11.8 Å². The lowest BCUT2D eigenvalue weighted by Gasteiger charge is -2.14. The number of pyridine rings is 1. The third-order valence-electron chi connectivity index (χ3n) is 6.46. The molecule has 8 heteroatoms. The van der Waals surface area contributed by atoms with Gasteiger partial charge in [-0.1, -0.05) is 26.0 Å². The molecule has 0 spiro atoms. The minimum atomic E-state index is -0.0598. The molecular weight excluding hydrogens is 452 g/mol. The van der Waals surface area contributed by atoms with Gasteiger partial charge in [0.2, 0.25) is 11.9 Å². The van der Waals surface area contributed by atoms with Crippen LogP contribution in [0.4, 0.5) is 17.5 Å². The van der Waals surface area contributed by atoms with E-state index in [1.165, 1.54) is 5.56 Å². The fraction of sp³-hybridized carbons (Fsp3) is 0.321. The number of aromatic nitrogens is 3. The average molecular weight is 485 g/mol. The van der Waals surface area contributed by atoms with E-state index in [2.05, 4.69) is 52.6 Å². The lowest BCUT2D eigenvalue weighted by Crippen LogP contribution is -2.31. The van der Waals surface area contributed by atoms with Crippen LogP contribution in [0.25, 0.3) is 11.0 Å². The van der Waals surface area contributed by atoms with Crippen molar-refractivity contribution < 1.29 is 9.53 Å². The van der Waals surface area contributed by atoms with Crippen LogP contribution in [0.15, 0.2) is 60.8 Å². The van der Waals surface area contributed by atoms with Crippen molar-refractivity contribution in [2.75, 3.05) is 30.3 Å². The summed E-state index contributed by atoms with van der Waals surface area (Å²) in [6.45, 7) is 6.71. The van der Waals surface area contributed by atoms with Gasteiger partial charge in [-0.15, -0.1) is 0 Å². The third-order valence-corrected chi connectivity index (χ3v) is 6.46. The molecule has 186 valence electrons. The average Bonchev–Trinajstić information content (AvgIpc) is 3.47. The smallest absolute Gasteiger partial charge is 0.239 e. The second-order valence-corrected chi connectivity index (χ2v) is 9.56. The molecule has 2 aromatic carbocycles. The van der Waals surface area contributed by atoms with Crippen molar-refractivity contribution in [3.8, 4) is 11.5 Å². The summed E-state index contributed by atoms with van der Waals surface area (Å²) in [7, 11) is 1.99. The molecule has 3 heterocycles. The molecule has 36 heavy (non-hydrogen) atoms. The first-order valence-corrected chi connectivity index (χ1v) is 12.4. The zero-order valence-electron chi connectivity index (χ0n) is 21.0. The predicted molar refractivity (Wildman–Crippen MR) is 143 cm³/mol. The molecule has 0 aliphatic carbocycles. The van der Waals surface area contributed by atoms with Gasteiger partial charge >= 0.3 is 0 Å². The first kappa shape index (κ1) is 23.8. The van der Waals surface area contributed by atoms with Crippen LogP contribution >= 0.6 is 0 Å². The summed E-state index contributed by atoms with van der Waals surface area (Å²) in [6, 6.07) is 17.7. The van der Waals surface area contributed by atoms with Gasteiger partial charge in [0.05, 0.1) is 17.6 Å². The maximum Gasteiger partial charge on any atom is 0.239 e. The molecule has 0 unspecified atom stereocenters. The van der Waals surface area contributed by atoms with E-state index in [4.69, 9.17) is 9.72 Å². The molecule has 0 atom stereocenters. The summed E-state index contributed by atoms with van der Waals surface area (Å²) in [5.74, 6) is 2.89. The molecule has 1 aliphatic heterocycles. The number of imidazole rings is 1. The SMILES string of the molecule is CC(C)c1cccc(Nc2nc3cc(Oc4ccnc(NC(=O)CN5CCCC5)c4)ccc3n2C)c1. The number of anilines is 3. The second kappa shape index (κ2) is 10.4. The molecule has 0 bridgehead atoms. The topological polar surface area (TPSA) is 84.3 Å². The van der Waals surface area contributed by atoms with Crippen LogP contribution in [0, 0.1) is 0 Å². The van der Waals surface area contributed by atoms with Gasteiger partial charge < -0.3 is 19.9 Å². The maximum atomic E-state index is 12.4. The Bertz CT molecular complexity index is 1370. The minimum Gasteiger partial charge on any atom is -0.457 e. The summed E-state index contributed by atoms with van der Waals surface area (Å²) >= 11 is 0. The maximum absolute atomic E-state index is 12.4. The van der Waals surface area contributed by atoms with Crippen molar-refractivity contribution in [1.82, 2.24) is 19.4 Å². The van der Waals surface area contributed by atoms with Crippen molar-refractivity contribution in [3.05, 3.63) is 66.4 Å². The normalized spacial score (nSPS) is 13.9. The lowest BCUT2D eigenvalue weighted by molar-refractivity contribution is -0.117. The summed E-state index contributed by atoms with van der Waals surface area (Å²) in [4.78, 5) is 23.6. The van der Waals surface area contributed by atoms with E-state index in [9.17, 15) is 4.79 Å². The summed E-state index contributed by atoms with van der Waals surface area (Å²) in [5.41, 5.74) is 4.10. The first-order valence-electron chi connectivity index (χ1n) is 12.4. The Kier molecular flexibility index (Phi) is 6.86. The summed E-state index contributed by atoms with van der Waals surface area (Å²) in [6.07, 6.45) is 3.93. The van der Waals surface area contributed by atoms with Gasteiger partial charge in [0.25, 0.3) is 0 Å². The zero-order chi connectivity index (χ0) is 25.1. The van der Waals surface area contributed by atoms with Gasteiger partial charge in [0, 0.05) is 31.1 Å². The molecule has 0 radical (unpaired) electrons. The second-order valence-electron chi connectivity index (χ2n) is 9.56. The highest BCUT2D eigenvalue weighted by molar-refractivity contribution is 5.91. The number of hydrogen-bond acceptors (Lipinski definition) is 6. The standard InChI is InChI=1S/C28H32N6O2/c1-19(2)20-7-6-8-21(15-20)30-28-31-24-16-22(9-10-25(24)33(28)3)36-23-11-12-29-26(17-23)32-27(35)18-34-13-4-5-14-34/h6-12,15-17,19H,4-5,13-14,18H2,1-3H3,(H,30,31)(H,29,32,35). The molecule has 2 N–H and O–H groups in total. The molecule has 1 aliphatic rings. The highest BCUT2D eigenvalue weighted by Crippen LogP contribution is 2.29. The third kappa shape index (κ3) is 5.49. The van der Waals surface area contributed by atoms with Crippen LogP contribution in [-0.4, -0.2) is 45.0 Å². The number of fused-ring (bicyclic) bond motifs is 1. The van der Waals surface area contributed by atoms with Crippen LogP contribution < -0.4 is 15.4 Å². The highest BCUT2D eigenvalue weighted by Gasteiger charge is 2.16. The Balaban J connectivity index is 1.29. The van der Waals surface area contributed by atoms with Gasteiger partial charge in [-0.05, 0) is 67.7 Å². The number of likely N-dealkylation sites (tertiary alicyclic amines) is 1. The van der Waals surface area contributed by atoms with Crippen molar-refractivity contribution in [2.24, 2.45) is 7.05 Å². The van der Waals surface area contributed by atoms with Gasteiger partial charge in [0.15, 0.2) is 0 Å². The van der Waals surface area contributed by atoms with E-state index < -0.39 is 0 Å². The van der Waals surface area contributed by atoms with E-state index in [-0.39, 0.29) is 5.91 Å². The predicted octanol–water partition coefficient (Wildman–Crippen LogP) is 5.66. The monoisotopic (exact) mass is 484 g/mol. The number of benzene rings is 2. The number of nitrogens with one attached hydrogen (secondary N) is 2. The number of nitrogens with zero attached hydrogens (tertiary/aromatic N) is 4. The number of hydrogen-bond donors (Lipinski definition) is 2. The molecule has 1 fully saturated rings. The number of ether oxygens (including phenoxy) is 1. The number of aryl methyl sites for hydroxylation is 1. The molecule has 5 rings (SSSR count). The number of rotatable bonds is 8. The van der Waals surface area contributed by atoms with Crippen LogP contribution in [0.3, 0.4) is 0 Å². The van der Waals surface area contributed by atoms with Crippen molar-refractivity contribution in [1.29, 1.82) is 0 Å². The largest absolute Gasteiger partial charge is 0.457 e. The van der Waals surface area contributed by atoms with Gasteiger partial charge in [0.1, 0.15) is 17.3 Å². The summed E-state index contributed by atoms with van der Waals surface area (Å²) < 4.78 is 8.11.